The largest absolute Gasteiger partial charge is 0.438 e. The summed E-state index contributed by atoms with van der Waals surface area (Å²) in [7, 11) is 0. The number of aromatic nitrogens is 3. The van der Waals surface area contributed by atoms with Crippen molar-refractivity contribution in [3.05, 3.63) is 80.8 Å². The van der Waals surface area contributed by atoms with Crippen LogP contribution in [-0.4, -0.2) is 31.4 Å². The minimum Gasteiger partial charge on any atom is -0.409 e. The van der Waals surface area contributed by atoms with Gasteiger partial charge in [-0.05, 0) is 39.9 Å². The van der Waals surface area contributed by atoms with Crippen LogP contribution in [0.2, 0.25) is 5.02 Å². The molecule has 0 fully saturated rings. The van der Waals surface area contributed by atoms with Gasteiger partial charge in [-0.25, -0.2) is 0 Å². The normalized spacial score (nSPS) is 11.6. The molecule has 0 saturated heterocycles. The summed E-state index contributed by atoms with van der Waals surface area (Å²) in [5.41, 5.74) is 1.20. The molecular weight excluding hydrogens is 346 g/mol. The van der Waals surface area contributed by atoms with E-state index in [9.17, 15) is 15.3 Å². The first-order valence-electron chi connectivity index (χ1n) is 7.42. The van der Waals surface area contributed by atoms with Gasteiger partial charge in [0, 0.05) is 11.6 Å². The van der Waals surface area contributed by atoms with Crippen LogP contribution in [0, 0.1) is 10.1 Å². The smallest absolute Gasteiger partial charge is 0.409 e. The second-order valence-electron chi connectivity index (χ2n) is 5.18. The zero-order valence-electron chi connectivity index (χ0n) is 13.0. The molecule has 1 N–H and O–H groups in total. The summed E-state index contributed by atoms with van der Waals surface area (Å²) in [5.74, 6) is -0.532. The monoisotopic (exact) mass is 359 g/mol. The van der Waals surface area contributed by atoms with Gasteiger partial charge in [0.1, 0.15) is 5.69 Å². The fourth-order valence-corrected chi connectivity index (χ4v) is 2.50. The van der Waals surface area contributed by atoms with Crippen LogP contribution in [0.25, 0.3) is 5.69 Å². The molecule has 25 heavy (non-hydrogen) atoms. The average molecular weight is 360 g/mol. The number of nitrogens with zero attached hydrogens (tertiary/aromatic N) is 5. The molecule has 3 rings (SSSR count). The Bertz CT molecular complexity index is 965. The van der Waals surface area contributed by atoms with Gasteiger partial charge in [-0.1, -0.05) is 52.8 Å². The standard InChI is InChI=1S/C16H14ClN5O3/c17-13-7-4-8-14(11-13)20-19-16(22(24)25)15(21(20)23)18-10-9-12-5-2-1-3-6-12/h1-8,11,23H,9-10H2. The minimum atomic E-state index is -0.685. The van der Waals surface area contributed by atoms with Crippen molar-refractivity contribution in [3.63, 3.8) is 0 Å². The Balaban J connectivity index is 1.97. The van der Waals surface area contributed by atoms with E-state index >= 15 is 0 Å². The molecular formula is C16H14ClN5O3. The number of hydrogen-bond donors (Lipinski definition) is 1. The molecule has 0 spiro atoms. The number of hydrogen-bond acceptors (Lipinski definition) is 5. The molecule has 0 amide bonds. The molecule has 8 nitrogen and oxygen atoms in total. The van der Waals surface area contributed by atoms with Crippen molar-refractivity contribution in [3.8, 4) is 5.69 Å². The molecule has 0 bridgehead atoms. The molecule has 128 valence electrons. The lowest BCUT2D eigenvalue weighted by Crippen LogP contribution is -2.23. The van der Waals surface area contributed by atoms with E-state index in [2.05, 4.69) is 10.1 Å². The molecule has 3 aromatic rings. The summed E-state index contributed by atoms with van der Waals surface area (Å²) < 4.78 is 0. The highest BCUT2D eigenvalue weighted by Gasteiger charge is 2.23. The van der Waals surface area contributed by atoms with Gasteiger partial charge in [0.25, 0.3) is 5.49 Å². The van der Waals surface area contributed by atoms with Crippen molar-refractivity contribution in [2.45, 2.75) is 6.42 Å². The maximum atomic E-state index is 11.2. The summed E-state index contributed by atoms with van der Waals surface area (Å²) in [6.07, 6.45) is 0.584. The van der Waals surface area contributed by atoms with Gasteiger partial charge in [0.15, 0.2) is 0 Å². The van der Waals surface area contributed by atoms with Crippen molar-refractivity contribution < 1.29 is 10.1 Å². The zero-order chi connectivity index (χ0) is 17.8. The van der Waals surface area contributed by atoms with E-state index in [4.69, 9.17) is 11.6 Å². The van der Waals surface area contributed by atoms with E-state index in [-0.39, 0.29) is 12.0 Å². The lowest BCUT2D eigenvalue weighted by atomic mass is 10.2. The van der Waals surface area contributed by atoms with E-state index in [1.807, 2.05) is 30.3 Å². The number of nitro groups is 1. The molecule has 0 aliphatic heterocycles. The van der Waals surface area contributed by atoms with Gasteiger partial charge < -0.3 is 15.3 Å². The summed E-state index contributed by atoms with van der Waals surface area (Å²) in [6, 6.07) is 16.0. The molecule has 1 aromatic heterocycles. The van der Waals surface area contributed by atoms with Crippen LogP contribution in [0.4, 0.5) is 5.82 Å². The van der Waals surface area contributed by atoms with E-state index in [1.165, 1.54) is 6.07 Å². The van der Waals surface area contributed by atoms with Gasteiger partial charge in [-0.2, -0.15) is 0 Å². The second-order valence-corrected chi connectivity index (χ2v) is 5.62. The maximum absolute atomic E-state index is 11.2. The molecule has 0 unspecified atom stereocenters. The Hall–Kier alpha value is -3.13. The number of rotatable bonds is 5. The van der Waals surface area contributed by atoms with E-state index in [1.54, 1.807) is 18.2 Å². The first kappa shape index (κ1) is 16.7. The molecule has 0 aliphatic carbocycles. The molecule has 9 heteroatoms. The highest BCUT2D eigenvalue weighted by molar-refractivity contribution is 6.30. The molecule has 0 aliphatic rings. The van der Waals surface area contributed by atoms with Crippen molar-refractivity contribution >= 4 is 17.4 Å². The Morgan fingerprint density at radius 2 is 1.96 bits per heavy atom. The topological polar surface area (TPSA) is 98.5 Å². The minimum absolute atomic E-state index is 0.221. The van der Waals surface area contributed by atoms with Crippen molar-refractivity contribution in [2.24, 2.45) is 4.99 Å². The van der Waals surface area contributed by atoms with Crippen LogP contribution >= 0.6 is 11.6 Å². The van der Waals surface area contributed by atoms with Crippen LogP contribution in [0.1, 0.15) is 5.56 Å². The Morgan fingerprint density at radius 1 is 1.20 bits per heavy atom. The molecule has 0 atom stereocenters. The molecule has 0 saturated carbocycles. The van der Waals surface area contributed by atoms with Crippen LogP contribution in [0.3, 0.4) is 0 Å². The van der Waals surface area contributed by atoms with Crippen LogP contribution in [0.15, 0.2) is 59.6 Å². The number of halogens is 1. The highest BCUT2D eigenvalue weighted by Crippen LogP contribution is 2.14. The highest BCUT2D eigenvalue weighted by atomic mass is 35.5. The van der Waals surface area contributed by atoms with Gasteiger partial charge in [0.2, 0.25) is 0 Å². The van der Waals surface area contributed by atoms with Crippen molar-refractivity contribution in [1.29, 1.82) is 0 Å². The zero-order valence-corrected chi connectivity index (χ0v) is 13.7. The average Bonchev–Trinajstić information content (AvgIpc) is 2.93. The second kappa shape index (κ2) is 7.18. The van der Waals surface area contributed by atoms with Crippen LogP contribution in [-0.2, 0) is 6.42 Å². The van der Waals surface area contributed by atoms with E-state index in [0.717, 1.165) is 10.4 Å². The molecule has 2 aromatic carbocycles. The fraction of sp³-hybridized carbons (Fsp3) is 0.125. The van der Waals surface area contributed by atoms with Crippen LogP contribution < -0.4 is 5.49 Å². The van der Waals surface area contributed by atoms with Crippen molar-refractivity contribution in [2.75, 3.05) is 6.54 Å². The van der Waals surface area contributed by atoms with Crippen molar-refractivity contribution in [1.82, 2.24) is 14.7 Å². The third kappa shape index (κ3) is 3.69. The lowest BCUT2D eigenvalue weighted by molar-refractivity contribution is -0.391. The SMILES string of the molecule is O=[N+]([O-])c1nn(-c2cccc(Cl)c2)n(O)c1=NCCc1ccccc1. The molecule has 0 radical (unpaired) electrons. The molecule has 1 heterocycles. The Kier molecular flexibility index (Phi) is 4.80. The Labute approximate surface area is 147 Å². The predicted octanol–water partition coefficient (Wildman–Crippen LogP) is 2.62. The third-order valence-corrected chi connectivity index (χ3v) is 3.71. The van der Waals surface area contributed by atoms with E-state index in [0.29, 0.717) is 22.0 Å². The van der Waals surface area contributed by atoms with Gasteiger partial charge in [-0.3, -0.25) is 4.99 Å². The lowest BCUT2D eigenvalue weighted by Gasteiger charge is -2.00. The summed E-state index contributed by atoms with van der Waals surface area (Å²) >= 11 is 5.92. The third-order valence-electron chi connectivity index (χ3n) is 3.48. The van der Waals surface area contributed by atoms with Crippen LogP contribution in [0.5, 0.6) is 0 Å². The number of benzene rings is 2. The van der Waals surface area contributed by atoms with E-state index < -0.39 is 10.7 Å². The fourth-order valence-electron chi connectivity index (χ4n) is 2.31. The first-order chi connectivity index (χ1) is 12.1. The quantitative estimate of drug-likeness (QED) is 0.430. The predicted molar refractivity (Wildman–Crippen MR) is 91.0 cm³/mol. The summed E-state index contributed by atoms with van der Waals surface area (Å²) in [4.78, 5) is 16.2. The Morgan fingerprint density at radius 3 is 2.64 bits per heavy atom. The maximum Gasteiger partial charge on any atom is 0.438 e. The van der Waals surface area contributed by atoms with Gasteiger partial charge >= 0.3 is 5.82 Å². The summed E-state index contributed by atoms with van der Waals surface area (Å²) in [6.45, 7) is 0.270. The summed E-state index contributed by atoms with van der Waals surface area (Å²) in [5, 5.41) is 25.8. The van der Waals surface area contributed by atoms with Gasteiger partial charge in [0.05, 0.1) is 5.10 Å². The van der Waals surface area contributed by atoms with Gasteiger partial charge in [-0.15, -0.1) is 0 Å². The first-order valence-corrected chi connectivity index (χ1v) is 7.80.